The fourth-order valence-electron chi connectivity index (χ4n) is 5.51. The van der Waals surface area contributed by atoms with Gasteiger partial charge in [-0.1, -0.05) is 97.1 Å². The summed E-state index contributed by atoms with van der Waals surface area (Å²) < 4.78 is 0. The molecule has 1 aliphatic rings. The summed E-state index contributed by atoms with van der Waals surface area (Å²) in [6.07, 6.45) is 5.23. The smallest absolute Gasteiger partial charge is 0.0753 e. The zero-order valence-corrected chi connectivity index (χ0v) is 18.7. The molecular weight excluding hydrogens is 400 g/mol. The van der Waals surface area contributed by atoms with E-state index in [1.54, 1.807) is 0 Å². The predicted molar refractivity (Wildman–Crippen MR) is 140 cm³/mol. The first kappa shape index (κ1) is 20.8. The summed E-state index contributed by atoms with van der Waals surface area (Å²) in [5, 5.41) is 0. The molecule has 0 saturated heterocycles. The van der Waals surface area contributed by atoms with Gasteiger partial charge in [-0.2, -0.15) is 0 Å². The van der Waals surface area contributed by atoms with Crippen molar-refractivity contribution in [1.29, 1.82) is 0 Å². The molecule has 0 radical (unpaired) electrons. The van der Waals surface area contributed by atoms with Gasteiger partial charge in [0.05, 0.1) is 5.41 Å². The van der Waals surface area contributed by atoms with Gasteiger partial charge in [0.25, 0.3) is 0 Å². The molecule has 5 rings (SSSR count). The third-order valence-electron chi connectivity index (χ3n) is 6.88. The molecule has 0 aromatic heterocycles. The molecule has 0 heterocycles. The maximum absolute atomic E-state index is 6.93. The first-order valence-electron chi connectivity index (χ1n) is 11.3. The van der Waals surface area contributed by atoms with Crippen LogP contribution in [0.1, 0.15) is 33.4 Å². The van der Waals surface area contributed by atoms with Crippen LogP contribution >= 0.6 is 0 Å². The van der Waals surface area contributed by atoms with Crippen molar-refractivity contribution < 1.29 is 0 Å². The van der Waals surface area contributed by atoms with Crippen molar-refractivity contribution in [2.75, 3.05) is 11.5 Å². The Kier molecular flexibility index (Phi) is 5.14. The number of hydrogen-bond acceptors (Lipinski definition) is 2. The average Bonchev–Trinajstić information content (AvgIpc) is 3.13. The molecule has 4 N–H and O–H groups in total. The molecule has 162 valence electrons. The second kappa shape index (κ2) is 8.14. The number of benzene rings is 4. The van der Waals surface area contributed by atoms with Crippen molar-refractivity contribution in [3.63, 3.8) is 0 Å². The zero-order chi connectivity index (χ0) is 23.0. The average molecular weight is 429 g/mol. The van der Waals surface area contributed by atoms with Gasteiger partial charge in [0.2, 0.25) is 0 Å². The molecule has 0 fully saturated rings. The minimum atomic E-state index is -0.615. The van der Waals surface area contributed by atoms with Crippen LogP contribution in [0.4, 0.5) is 11.4 Å². The van der Waals surface area contributed by atoms with Gasteiger partial charge in [-0.3, -0.25) is 0 Å². The topological polar surface area (TPSA) is 52.0 Å². The molecule has 1 aliphatic carbocycles. The molecule has 4 aromatic carbocycles. The van der Waals surface area contributed by atoms with E-state index in [0.717, 1.165) is 33.6 Å². The minimum absolute atomic E-state index is 0.615. The molecule has 33 heavy (non-hydrogen) atoms. The molecule has 0 bridgehead atoms. The van der Waals surface area contributed by atoms with Gasteiger partial charge in [-0.05, 0) is 57.3 Å². The van der Waals surface area contributed by atoms with E-state index in [2.05, 4.69) is 98.1 Å². The van der Waals surface area contributed by atoms with Crippen LogP contribution in [0, 0.1) is 0 Å². The largest absolute Gasteiger partial charge is 0.398 e. The molecular formula is C31H28N2. The van der Waals surface area contributed by atoms with Gasteiger partial charge >= 0.3 is 0 Å². The normalized spacial score (nSPS) is 13.2. The van der Waals surface area contributed by atoms with E-state index in [1.165, 1.54) is 22.3 Å². The Morgan fingerprint density at radius 3 is 1.36 bits per heavy atom. The number of allylic oxidation sites excluding steroid dienone is 2. The number of anilines is 2. The molecule has 2 heteroatoms. The van der Waals surface area contributed by atoms with E-state index in [9.17, 15) is 0 Å². The highest BCUT2D eigenvalue weighted by molar-refractivity contribution is 5.89. The highest BCUT2D eigenvalue weighted by atomic mass is 14.6. The molecule has 0 unspecified atom stereocenters. The number of hydrogen-bond donors (Lipinski definition) is 2. The van der Waals surface area contributed by atoms with Crippen LogP contribution < -0.4 is 11.5 Å². The summed E-state index contributed by atoms with van der Waals surface area (Å²) >= 11 is 0. The van der Waals surface area contributed by atoms with Gasteiger partial charge in [0.1, 0.15) is 0 Å². The first-order valence-corrected chi connectivity index (χ1v) is 11.3. The van der Waals surface area contributed by atoms with Crippen LogP contribution in [0.3, 0.4) is 0 Å². The second-order valence-corrected chi connectivity index (χ2v) is 8.58. The standard InChI is InChI=1S/C31H28N2/c1-3-11-21-13-9-19-27(29(21)32)31(28-20-10-14-22(12-4-2)30(28)33)25-17-7-5-15-23(25)24-16-6-8-18-26(24)31/h3-10,13-20H,1-2,11-12,32-33H2. The number of nitrogens with two attached hydrogens (primary N) is 2. The van der Waals surface area contributed by atoms with Crippen molar-refractivity contribution in [3.8, 4) is 11.1 Å². The van der Waals surface area contributed by atoms with Crippen molar-refractivity contribution in [2.45, 2.75) is 18.3 Å². The SMILES string of the molecule is C=CCc1cccc(C2(c3cccc(CC=C)c3N)c3ccccc3-c3ccccc32)c1N. The van der Waals surface area contributed by atoms with Crippen molar-refractivity contribution in [3.05, 3.63) is 144 Å². The van der Waals surface area contributed by atoms with E-state index in [1.807, 2.05) is 12.2 Å². The maximum atomic E-state index is 6.93. The zero-order valence-electron chi connectivity index (χ0n) is 18.7. The summed E-state index contributed by atoms with van der Waals surface area (Å²) in [5.41, 5.74) is 23.9. The van der Waals surface area contributed by atoms with Crippen LogP contribution in [0.5, 0.6) is 0 Å². The highest BCUT2D eigenvalue weighted by Crippen LogP contribution is 2.58. The van der Waals surface area contributed by atoms with Crippen molar-refractivity contribution in [1.82, 2.24) is 0 Å². The van der Waals surface area contributed by atoms with Crippen LogP contribution in [-0.4, -0.2) is 0 Å². The van der Waals surface area contributed by atoms with Gasteiger partial charge in [-0.25, -0.2) is 0 Å². The molecule has 2 nitrogen and oxygen atoms in total. The summed E-state index contributed by atoms with van der Waals surface area (Å²) in [7, 11) is 0. The van der Waals surface area contributed by atoms with Crippen LogP contribution in [0.25, 0.3) is 11.1 Å². The number of para-hydroxylation sites is 2. The lowest BCUT2D eigenvalue weighted by Gasteiger charge is -2.36. The number of nitrogen functional groups attached to an aromatic ring is 2. The van der Waals surface area contributed by atoms with Gasteiger partial charge in [0.15, 0.2) is 0 Å². The number of rotatable bonds is 6. The summed E-state index contributed by atoms with van der Waals surface area (Å²) in [6, 6.07) is 29.9. The lowest BCUT2D eigenvalue weighted by atomic mass is 9.66. The lowest BCUT2D eigenvalue weighted by Crippen LogP contribution is -2.31. The Labute approximate surface area is 195 Å². The van der Waals surface area contributed by atoms with E-state index < -0.39 is 5.41 Å². The molecule has 4 aromatic rings. The van der Waals surface area contributed by atoms with Crippen molar-refractivity contribution in [2.24, 2.45) is 0 Å². The number of fused-ring (bicyclic) bond motifs is 3. The summed E-state index contributed by atoms with van der Waals surface area (Å²) in [5.74, 6) is 0. The first-order chi connectivity index (χ1) is 16.1. The van der Waals surface area contributed by atoms with Gasteiger partial charge < -0.3 is 11.5 Å². The van der Waals surface area contributed by atoms with Crippen LogP contribution in [0.15, 0.2) is 110 Å². The van der Waals surface area contributed by atoms with E-state index in [4.69, 9.17) is 11.5 Å². The molecule has 0 amide bonds. The fourth-order valence-corrected chi connectivity index (χ4v) is 5.51. The van der Waals surface area contributed by atoms with Crippen molar-refractivity contribution >= 4 is 11.4 Å². The fraction of sp³-hybridized carbons (Fsp3) is 0.0968. The lowest BCUT2D eigenvalue weighted by molar-refractivity contribution is 0.771. The van der Waals surface area contributed by atoms with Crippen LogP contribution in [0.2, 0.25) is 0 Å². The highest BCUT2D eigenvalue weighted by Gasteiger charge is 2.48. The molecule has 0 atom stereocenters. The third kappa shape index (κ3) is 2.95. The Balaban J connectivity index is 1.98. The van der Waals surface area contributed by atoms with Crippen LogP contribution in [-0.2, 0) is 18.3 Å². The predicted octanol–water partition coefficient (Wildman–Crippen LogP) is 6.67. The molecule has 0 spiro atoms. The van der Waals surface area contributed by atoms with E-state index in [0.29, 0.717) is 12.8 Å². The monoisotopic (exact) mass is 428 g/mol. The summed E-state index contributed by atoms with van der Waals surface area (Å²) in [6.45, 7) is 7.87. The second-order valence-electron chi connectivity index (χ2n) is 8.58. The molecule has 0 aliphatic heterocycles. The Morgan fingerprint density at radius 1 is 0.545 bits per heavy atom. The quantitative estimate of drug-likeness (QED) is 0.234. The van der Waals surface area contributed by atoms with Gasteiger partial charge in [-0.15, -0.1) is 13.2 Å². The van der Waals surface area contributed by atoms with E-state index >= 15 is 0 Å². The summed E-state index contributed by atoms with van der Waals surface area (Å²) in [4.78, 5) is 0. The van der Waals surface area contributed by atoms with E-state index in [-0.39, 0.29) is 0 Å². The maximum Gasteiger partial charge on any atom is 0.0753 e. The Hall–Kier alpha value is -4.04. The Morgan fingerprint density at radius 2 is 0.939 bits per heavy atom. The molecule has 0 saturated carbocycles. The minimum Gasteiger partial charge on any atom is -0.398 e. The third-order valence-corrected chi connectivity index (χ3v) is 6.88. The Bertz CT molecular complexity index is 1270. The van der Waals surface area contributed by atoms with Gasteiger partial charge in [0, 0.05) is 11.4 Å².